The first kappa shape index (κ1) is 16.2. The van der Waals surface area contributed by atoms with Crippen LogP contribution in [0.2, 0.25) is 0 Å². The number of carbonyl (C=O) groups excluding carboxylic acids is 1. The molecule has 0 bridgehead atoms. The van der Waals surface area contributed by atoms with Crippen molar-refractivity contribution in [3.05, 3.63) is 35.7 Å². The summed E-state index contributed by atoms with van der Waals surface area (Å²) in [6.45, 7) is 7.01. The molecule has 7 nitrogen and oxygen atoms in total. The summed E-state index contributed by atoms with van der Waals surface area (Å²) in [5.41, 5.74) is 4.00. The number of urea groups is 1. The highest BCUT2D eigenvalue weighted by Crippen LogP contribution is 2.23. The van der Waals surface area contributed by atoms with Crippen LogP contribution in [0, 0.1) is 13.8 Å². The van der Waals surface area contributed by atoms with E-state index in [1.807, 2.05) is 43.0 Å². The van der Waals surface area contributed by atoms with Crippen LogP contribution in [-0.2, 0) is 0 Å². The van der Waals surface area contributed by atoms with Crippen LogP contribution >= 0.6 is 0 Å². The summed E-state index contributed by atoms with van der Waals surface area (Å²) in [6, 6.07) is 7.27. The number of carbonyl (C=O) groups is 1. The van der Waals surface area contributed by atoms with E-state index in [9.17, 15) is 4.79 Å². The molecule has 24 heavy (non-hydrogen) atoms. The second-order valence-electron chi connectivity index (χ2n) is 5.92. The Labute approximate surface area is 141 Å². The maximum atomic E-state index is 12.4. The summed E-state index contributed by atoms with van der Waals surface area (Å²) in [5, 5.41) is 10.2. The second-order valence-corrected chi connectivity index (χ2v) is 5.92. The van der Waals surface area contributed by atoms with Crippen molar-refractivity contribution in [1.29, 1.82) is 0 Å². The van der Waals surface area contributed by atoms with E-state index < -0.39 is 0 Å². The van der Waals surface area contributed by atoms with E-state index in [0.29, 0.717) is 13.1 Å². The zero-order valence-electron chi connectivity index (χ0n) is 14.3. The SMILES string of the molecule is COc1ccc(NC(=O)N2CCN(c3c(C)n[nH]c3C)CC2)cc1. The number of ether oxygens (including phenoxy) is 1. The number of piperazine rings is 1. The van der Waals surface area contributed by atoms with Gasteiger partial charge in [0, 0.05) is 31.9 Å². The molecule has 0 atom stereocenters. The maximum absolute atomic E-state index is 12.4. The van der Waals surface area contributed by atoms with Crippen molar-refractivity contribution in [3.63, 3.8) is 0 Å². The molecule has 2 heterocycles. The first-order chi connectivity index (χ1) is 11.6. The van der Waals surface area contributed by atoms with E-state index in [1.54, 1.807) is 7.11 Å². The molecule has 7 heteroatoms. The van der Waals surface area contributed by atoms with Gasteiger partial charge in [0.05, 0.1) is 24.2 Å². The Hall–Kier alpha value is -2.70. The molecule has 128 valence electrons. The minimum atomic E-state index is -0.0690. The Balaban J connectivity index is 1.57. The molecular formula is C17H23N5O2. The van der Waals surface area contributed by atoms with Gasteiger partial charge in [-0.15, -0.1) is 0 Å². The monoisotopic (exact) mass is 329 g/mol. The standard InChI is InChI=1S/C17H23N5O2/c1-12-16(13(2)20-19-12)21-8-10-22(11-9-21)17(23)18-14-4-6-15(24-3)7-5-14/h4-7H,8-11H2,1-3H3,(H,18,23)(H,19,20). The molecule has 1 fully saturated rings. The molecule has 0 spiro atoms. The predicted molar refractivity (Wildman–Crippen MR) is 93.9 cm³/mol. The Bertz CT molecular complexity index is 683. The smallest absolute Gasteiger partial charge is 0.321 e. The van der Waals surface area contributed by atoms with Crippen LogP contribution in [0.4, 0.5) is 16.2 Å². The van der Waals surface area contributed by atoms with E-state index >= 15 is 0 Å². The van der Waals surface area contributed by atoms with Gasteiger partial charge in [-0.1, -0.05) is 0 Å². The quantitative estimate of drug-likeness (QED) is 0.907. The van der Waals surface area contributed by atoms with Gasteiger partial charge in [-0.2, -0.15) is 5.10 Å². The van der Waals surface area contributed by atoms with Gasteiger partial charge >= 0.3 is 6.03 Å². The zero-order valence-corrected chi connectivity index (χ0v) is 14.3. The van der Waals surface area contributed by atoms with Crippen molar-refractivity contribution in [1.82, 2.24) is 15.1 Å². The first-order valence-electron chi connectivity index (χ1n) is 8.05. The summed E-state index contributed by atoms with van der Waals surface area (Å²) in [4.78, 5) is 16.5. The molecule has 2 N–H and O–H groups in total. The number of aromatic amines is 1. The summed E-state index contributed by atoms with van der Waals surface area (Å²) in [6.07, 6.45) is 0. The Morgan fingerprint density at radius 2 is 1.83 bits per heavy atom. The van der Waals surface area contributed by atoms with Crippen LogP contribution in [0.25, 0.3) is 0 Å². The molecule has 1 aliphatic heterocycles. The highest BCUT2D eigenvalue weighted by molar-refractivity contribution is 5.89. The van der Waals surface area contributed by atoms with Gasteiger partial charge in [0.1, 0.15) is 5.75 Å². The van der Waals surface area contributed by atoms with Crippen molar-refractivity contribution in [2.24, 2.45) is 0 Å². The Morgan fingerprint density at radius 1 is 1.17 bits per heavy atom. The molecule has 1 saturated heterocycles. The summed E-state index contributed by atoms with van der Waals surface area (Å²) < 4.78 is 5.12. The van der Waals surface area contributed by atoms with Crippen molar-refractivity contribution in [3.8, 4) is 5.75 Å². The van der Waals surface area contributed by atoms with E-state index in [0.717, 1.165) is 41.6 Å². The highest BCUT2D eigenvalue weighted by atomic mass is 16.5. The third-order valence-electron chi connectivity index (χ3n) is 4.31. The second kappa shape index (κ2) is 6.82. The van der Waals surface area contributed by atoms with Crippen LogP contribution in [0.5, 0.6) is 5.75 Å². The fraction of sp³-hybridized carbons (Fsp3) is 0.412. The number of hydrogen-bond donors (Lipinski definition) is 2. The number of H-pyrrole nitrogens is 1. The van der Waals surface area contributed by atoms with E-state index in [-0.39, 0.29) is 6.03 Å². The van der Waals surface area contributed by atoms with Crippen LogP contribution in [0.1, 0.15) is 11.4 Å². The van der Waals surface area contributed by atoms with Crippen molar-refractivity contribution >= 4 is 17.4 Å². The van der Waals surface area contributed by atoms with Crippen molar-refractivity contribution in [2.45, 2.75) is 13.8 Å². The average molecular weight is 329 g/mol. The Kier molecular flexibility index (Phi) is 4.59. The van der Waals surface area contributed by atoms with Crippen LogP contribution in [0.15, 0.2) is 24.3 Å². The molecule has 3 rings (SSSR count). The van der Waals surface area contributed by atoms with Gasteiger partial charge in [-0.25, -0.2) is 4.79 Å². The van der Waals surface area contributed by atoms with E-state index in [4.69, 9.17) is 4.74 Å². The molecule has 1 aromatic carbocycles. The van der Waals surface area contributed by atoms with Crippen LogP contribution < -0.4 is 15.0 Å². The predicted octanol–water partition coefficient (Wildman–Crippen LogP) is 2.39. The molecule has 0 unspecified atom stereocenters. The number of nitrogens with one attached hydrogen (secondary N) is 2. The number of benzene rings is 1. The third kappa shape index (κ3) is 3.29. The van der Waals surface area contributed by atoms with Crippen molar-refractivity contribution < 1.29 is 9.53 Å². The first-order valence-corrected chi connectivity index (χ1v) is 8.05. The number of hydrogen-bond acceptors (Lipinski definition) is 4. The third-order valence-corrected chi connectivity index (χ3v) is 4.31. The molecule has 0 saturated carbocycles. The summed E-state index contributed by atoms with van der Waals surface area (Å²) >= 11 is 0. The fourth-order valence-electron chi connectivity index (χ4n) is 3.02. The van der Waals surface area contributed by atoms with Gasteiger partial charge in [-0.05, 0) is 38.1 Å². The largest absolute Gasteiger partial charge is 0.497 e. The Morgan fingerprint density at radius 3 is 2.38 bits per heavy atom. The van der Waals surface area contributed by atoms with Gasteiger partial charge in [0.2, 0.25) is 0 Å². The molecule has 2 aromatic rings. The number of rotatable bonds is 3. The molecular weight excluding hydrogens is 306 g/mol. The highest BCUT2D eigenvalue weighted by Gasteiger charge is 2.24. The molecule has 2 amide bonds. The van der Waals surface area contributed by atoms with Crippen LogP contribution in [-0.4, -0.2) is 54.4 Å². The topological polar surface area (TPSA) is 73.5 Å². The minimum Gasteiger partial charge on any atom is -0.497 e. The lowest BCUT2D eigenvalue weighted by atomic mass is 10.2. The number of methoxy groups -OCH3 is 1. The number of nitrogens with zero attached hydrogens (tertiary/aromatic N) is 3. The van der Waals surface area contributed by atoms with Crippen molar-refractivity contribution in [2.75, 3.05) is 43.5 Å². The number of anilines is 2. The molecule has 1 aromatic heterocycles. The zero-order chi connectivity index (χ0) is 17.1. The summed E-state index contributed by atoms with van der Waals surface area (Å²) in [7, 11) is 1.62. The van der Waals surface area contributed by atoms with Gasteiger partial charge in [-0.3, -0.25) is 5.10 Å². The van der Waals surface area contributed by atoms with Crippen LogP contribution in [0.3, 0.4) is 0 Å². The molecule has 1 aliphatic rings. The average Bonchev–Trinajstić information content (AvgIpc) is 2.94. The lowest BCUT2D eigenvalue weighted by Crippen LogP contribution is -2.50. The van der Waals surface area contributed by atoms with E-state index in [1.165, 1.54) is 0 Å². The van der Waals surface area contributed by atoms with E-state index in [2.05, 4.69) is 20.4 Å². The number of aromatic nitrogens is 2. The lowest BCUT2D eigenvalue weighted by molar-refractivity contribution is 0.208. The molecule has 0 aliphatic carbocycles. The minimum absolute atomic E-state index is 0.0690. The number of amides is 2. The number of aryl methyl sites for hydroxylation is 2. The maximum Gasteiger partial charge on any atom is 0.321 e. The lowest BCUT2D eigenvalue weighted by Gasteiger charge is -2.36. The molecule has 0 radical (unpaired) electrons. The van der Waals surface area contributed by atoms with Gasteiger partial charge in [0.25, 0.3) is 0 Å². The fourth-order valence-corrected chi connectivity index (χ4v) is 3.02. The van der Waals surface area contributed by atoms with Gasteiger partial charge < -0.3 is 19.9 Å². The van der Waals surface area contributed by atoms with Gasteiger partial charge in [0.15, 0.2) is 0 Å². The summed E-state index contributed by atoms with van der Waals surface area (Å²) in [5.74, 6) is 0.771. The normalized spacial score (nSPS) is 14.6.